The van der Waals surface area contributed by atoms with Crippen molar-refractivity contribution in [2.45, 2.75) is 38.6 Å². The first-order chi connectivity index (χ1) is 10.8. The molecule has 1 aliphatic rings. The van der Waals surface area contributed by atoms with Gasteiger partial charge in [0.05, 0.1) is 14.2 Å². The van der Waals surface area contributed by atoms with Gasteiger partial charge < -0.3 is 14.8 Å². The van der Waals surface area contributed by atoms with Crippen molar-refractivity contribution in [3.05, 3.63) is 23.8 Å². The fourth-order valence-corrected chi connectivity index (χ4v) is 3.16. The maximum Gasteiger partial charge on any atom is 0.122 e. The molecule has 1 aromatic rings. The van der Waals surface area contributed by atoms with E-state index in [0.29, 0.717) is 6.04 Å². The lowest BCUT2D eigenvalue weighted by atomic mass is 9.97. The standard InChI is InChI=1S/C18H30N2O2.2ClH/c1-4-5-6-7-18(20-10-8-19-9-11-20)15-12-16(21-2)14-17(13-15)22-3;;/h12-14,18-19H,4-11H2,1-3H3;2*1H/t18-;;/m0../s1. The lowest BCUT2D eigenvalue weighted by Crippen LogP contribution is -2.45. The number of methoxy groups -OCH3 is 2. The van der Waals surface area contributed by atoms with Gasteiger partial charge in [-0.05, 0) is 24.1 Å². The van der Waals surface area contributed by atoms with Crippen molar-refractivity contribution in [3.63, 3.8) is 0 Å². The SMILES string of the molecule is CCCCC[C@@H](c1cc(OC)cc(OC)c1)N1CCNCC1.Cl.Cl. The van der Waals surface area contributed by atoms with E-state index >= 15 is 0 Å². The van der Waals surface area contributed by atoms with Crippen molar-refractivity contribution in [2.24, 2.45) is 0 Å². The number of benzene rings is 1. The summed E-state index contributed by atoms with van der Waals surface area (Å²) in [5.41, 5.74) is 1.31. The van der Waals surface area contributed by atoms with Crippen molar-refractivity contribution in [1.29, 1.82) is 0 Å². The second-order valence-electron chi connectivity index (χ2n) is 5.94. The first kappa shape index (κ1) is 23.3. The Labute approximate surface area is 159 Å². The second kappa shape index (κ2) is 12.6. The topological polar surface area (TPSA) is 33.7 Å². The molecule has 0 unspecified atom stereocenters. The minimum Gasteiger partial charge on any atom is -0.497 e. The molecule has 24 heavy (non-hydrogen) atoms. The highest BCUT2D eigenvalue weighted by molar-refractivity contribution is 5.85. The van der Waals surface area contributed by atoms with Crippen LogP contribution < -0.4 is 14.8 Å². The van der Waals surface area contributed by atoms with Gasteiger partial charge in [-0.2, -0.15) is 0 Å². The number of nitrogens with one attached hydrogen (secondary N) is 1. The Kier molecular flexibility index (Phi) is 12.3. The van der Waals surface area contributed by atoms with Gasteiger partial charge in [0, 0.05) is 38.3 Å². The van der Waals surface area contributed by atoms with Crippen LogP contribution in [0.1, 0.15) is 44.2 Å². The fourth-order valence-electron chi connectivity index (χ4n) is 3.16. The molecule has 2 rings (SSSR count). The number of rotatable bonds is 8. The molecule has 1 aromatic carbocycles. The molecule has 1 aliphatic heterocycles. The quantitative estimate of drug-likeness (QED) is 0.691. The van der Waals surface area contributed by atoms with Crippen LogP contribution in [0, 0.1) is 0 Å². The van der Waals surface area contributed by atoms with E-state index < -0.39 is 0 Å². The molecule has 0 spiro atoms. The molecule has 1 heterocycles. The van der Waals surface area contributed by atoms with E-state index in [-0.39, 0.29) is 24.8 Å². The summed E-state index contributed by atoms with van der Waals surface area (Å²) < 4.78 is 10.9. The predicted octanol–water partition coefficient (Wildman–Crippen LogP) is 4.07. The highest BCUT2D eigenvalue weighted by Gasteiger charge is 2.22. The van der Waals surface area contributed by atoms with Crippen molar-refractivity contribution >= 4 is 24.8 Å². The van der Waals surface area contributed by atoms with Gasteiger partial charge in [0.2, 0.25) is 0 Å². The summed E-state index contributed by atoms with van der Waals surface area (Å²) in [7, 11) is 3.44. The molecule has 6 heteroatoms. The van der Waals surface area contributed by atoms with Gasteiger partial charge in [-0.15, -0.1) is 24.8 Å². The zero-order valence-electron chi connectivity index (χ0n) is 15.0. The van der Waals surface area contributed by atoms with E-state index in [4.69, 9.17) is 9.47 Å². The fraction of sp³-hybridized carbons (Fsp3) is 0.667. The van der Waals surface area contributed by atoms with Crippen LogP contribution in [0.25, 0.3) is 0 Å². The molecular weight excluding hydrogens is 347 g/mol. The molecule has 4 nitrogen and oxygen atoms in total. The van der Waals surface area contributed by atoms with Crippen LogP contribution in [-0.4, -0.2) is 45.3 Å². The molecule has 1 atom stereocenters. The summed E-state index contributed by atoms with van der Waals surface area (Å²) in [6, 6.07) is 6.74. The van der Waals surface area contributed by atoms with Gasteiger partial charge >= 0.3 is 0 Å². The number of halogens is 2. The van der Waals surface area contributed by atoms with Crippen LogP contribution >= 0.6 is 24.8 Å². The Morgan fingerprint density at radius 2 is 1.58 bits per heavy atom. The van der Waals surface area contributed by atoms with Gasteiger partial charge in [0.15, 0.2) is 0 Å². The summed E-state index contributed by atoms with van der Waals surface area (Å²) >= 11 is 0. The second-order valence-corrected chi connectivity index (χ2v) is 5.94. The zero-order chi connectivity index (χ0) is 15.8. The Balaban J connectivity index is 0.00000264. The maximum absolute atomic E-state index is 5.45. The number of nitrogens with zero attached hydrogens (tertiary/aromatic N) is 1. The molecule has 0 amide bonds. The summed E-state index contributed by atoms with van der Waals surface area (Å²) in [5, 5.41) is 3.44. The first-order valence-electron chi connectivity index (χ1n) is 8.46. The number of ether oxygens (including phenoxy) is 2. The van der Waals surface area contributed by atoms with Crippen LogP contribution in [0.3, 0.4) is 0 Å². The van der Waals surface area contributed by atoms with Gasteiger partial charge in [-0.25, -0.2) is 0 Å². The summed E-state index contributed by atoms with van der Waals surface area (Å²) in [6.07, 6.45) is 5.02. The van der Waals surface area contributed by atoms with Crippen molar-refractivity contribution in [3.8, 4) is 11.5 Å². The normalized spacial score (nSPS) is 15.8. The third kappa shape index (κ3) is 6.67. The third-order valence-electron chi connectivity index (χ3n) is 4.43. The summed E-state index contributed by atoms with van der Waals surface area (Å²) in [5.74, 6) is 1.76. The maximum atomic E-state index is 5.45. The first-order valence-corrected chi connectivity index (χ1v) is 8.46. The van der Waals surface area contributed by atoms with Crippen molar-refractivity contribution in [1.82, 2.24) is 10.2 Å². The number of piperazine rings is 1. The minimum atomic E-state index is 0. The van der Waals surface area contributed by atoms with Gasteiger partial charge in [-0.3, -0.25) is 4.90 Å². The third-order valence-corrected chi connectivity index (χ3v) is 4.43. The molecule has 0 radical (unpaired) electrons. The van der Waals surface area contributed by atoms with E-state index in [0.717, 1.165) is 37.7 Å². The van der Waals surface area contributed by atoms with E-state index in [2.05, 4.69) is 29.3 Å². The number of hydrogen-bond acceptors (Lipinski definition) is 4. The Hall–Kier alpha value is -0.680. The molecule has 140 valence electrons. The highest BCUT2D eigenvalue weighted by Crippen LogP contribution is 2.32. The molecule has 0 saturated carbocycles. The molecule has 1 saturated heterocycles. The number of hydrogen-bond donors (Lipinski definition) is 1. The average molecular weight is 379 g/mol. The van der Waals surface area contributed by atoms with E-state index in [9.17, 15) is 0 Å². The lowest BCUT2D eigenvalue weighted by Gasteiger charge is -2.35. The molecule has 1 fully saturated rings. The van der Waals surface area contributed by atoms with Crippen molar-refractivity contribution < 1.29 is 9.47 Å². The van der Waals surface area contributed by atoms with E-state index in [1.54, 1.807) is 14.2 Å². The van der Waals surface area contributed by atoms with E-state index in [1.165, 1.54) is 31.2 Å². The summed E-state index contributed by atoms with van der Waals surface area (Å²) in [4.78, 5) is 2.60. The monoisotopic (exact) mass is 378 g/mol. The van der Waals surface area contributed by atoms with Crippen LogP contribution in [0.4, 0.5) is 0 Å². The van der Waals surface area contributed by atoms with Crippen molar-refractivity contribution in [2.75, 3.05) is 40.4 Å². The van der Waals surface area contributed by atoms with Crippen LogP contribution in [0.5, 0.6) is 11.5 Å². The van der Waals surface area contributed by atoms with Crippen LogP contribution in [0.2, 0.25) is 0 Å². The Morgan fingerprint density at radius 1 is 1.00 bits per heavy atom. The molecule has 0 bridgehead atoms. The zero-order valence-corrected chi connectivity index (χ0v) is 16.7. The average Bonchev–Trinajstić information content (AvgIpc) is 2.59. The largest absolute Gasteiger partial charge is 0.497 e. The predicted molar refractivity (Wildman–Crippen MR) is 105 cm³/mol. The highest BCUT2D eigenvalue weighted by atomic mass is 35.5. The van der Waals surface area contributed by atoms with Gasteiger partial charge in [0.1, 0.15) is 11.5 Å². The van der Waals surface area contributed by atoms with Crippen LogP contribution in [-0.2, 0) is 0 Å². The van der Waals surface area contributed by atoms with Crippen LogP contribution in [0.15, 0.2) is 18.2 Å². The van der Waals surface area contributed by atoms with Gasteiger partial charge in [-0.1, -0.05) is 26.2 Å². The Morgan fingerprint density at radius 3 is 2.08 bits per heavy atom. The number of unbranched alkanes of at least 4 members (excludes halogenated alkanes) is 2. The molecule has 0 aliphatic carbocycles. The van der Waals surface area contributed by atoms with E-state index in [1.807, 2.05) is 6.07 Å². The summed E-state index contributed by atoms with van der Waals surface area (Å²) in [6.45, 7) is 6.62. The van der Waals surface area contributed by atoms with Gasteiger partial charge in [0.25, 0.3) is 0 Å². The minimum absolute atomic E-state index is 0. The Bertz CT molecular complexity index is 432. The molecule has 0 aromatic heterocycles. The lowest BCUT2D eigenvalue weighted by molar-refractivity contribution is 0.162. The smallest absolute Gasteiger partial charge is 0.122 e. The molecular formula is C18H32Cl2N2O2. The molecule has 1 N–H and O–H groups in total.